The van der Waals surface area contributed by atoms with Crippen LogP contribution in [0.2, 0.25) is 0 Å². The van der Waals surface area contributed by atoms with Gasteiger partial charge >= 0.3 is 0 Å². The number of aryl methyl sites for hydroxylation is 2. The molecule has 0 unspecified atom stereocenters. The number of carbonyl (C=O) groups is 3. The number of benzene rings is 2. The third kappa shape index (κ3) is 5.23. The quantitative estimate of drug-likeness (QED) is 0.314. The second-order valence-electron chi connectivity index (χ2n) is 9.76. The van der Waals surface area contributed by atoms with Crippen molar-refractivity contribution in [1.82, 2.24) is 24.6 Å². The highest BCUT2D eigenvalue weighted by molar-refractivity contribution is 9.10. The van der Waals surface area contributed by atoms with Gasteiger partial charge in [0, 0.05) is 36.7 Å². The number of hydrogen-bond donors (Lipinski definition) is 1. The molecule has 12 heteroatoms. The summed E-state index contributed by atoms with van der Waals surface area (Å²) in [5, 5.41) is 7.40. The minimum Gasteiger partial charge on any atom is -0.326 e. The number of ketones is 1. The molecule has 2 aromatic heterocycles. The minimum absolute atomic E-state index is 0.0730. The number of Topliss-reactive ketones (excluding diaryl/α,β-unsaturated/α-hetero) is 1. The third-order valence-electron chi connectivity index (χ3n) is 6.89. The molecular weight excluding hydrogens is 586 g/mol. The maximum absolute atomic E-state index is 14.6. The average molecular weight is 611 g/mol. The van der Waals surface area contributed by atoms with Gasteiger partial charge in [-0.15, -0.1) is 0 Å². The number of nitrogens with one attached hydrogen (secondary N) is 1. The van der Waals surface area contributed by atoms with Gasteiger partial charge in [0.15, 0.2) is 11.6 Å². The molecule has 0 saturated carbocycles. The van der Waals surface area contributed by atoms with E-state index in [0.29, 0.717) is 22.3 Å². The Bertz CT molecular complexity index is 1660. The number of hydrogen-bond acceptors (Lipinski definition) is 6. The van der Waals surface area contributed by atoms with Crippen molar-refractivity contribution in [3.63, 3.8) is 0 Å². The zero-order chi connectivity index (χ0) is 28.7. The zero-order valence-corrected chi connectivity index (χ0v) is 23.5. The van der Waals surface area contributed by atoms with Crippen LogP contribution in [0.25, 0.3) is 22.0 Å². The zero-order valence-electron chi connectivity index (χ0n) is 21.9. The molecule has 1 aliphatic rings. The van der Waals surface area contributed by atoms with Gasteiger partial charge in [-0.2, -0.15) is 5.10 Å². The van der Waals surface area contributed by atoms with E-state index in [0.717, 1.165) is 16.0 Å². The number of rotatable bonds is 6. The fourth-order valence-corrected chi connectivity index (χ4v) is 5.11. The standard InChI is InChI=1S/C28H25BrF2N6O3/c1-14-4-6-21(26(31)25(14)29)34-28(40)23-9-19(30)12-36(23)24(39)13-37-22-7-5-17(18-10-32-16(3)33-11-18)8-20(22)27(35-37)15(2)38/h4-8,10-11,19,23H,9,12-13H2,1-3H3,(H,34,40)/t19-,23+/m1/s1. The SMILES string of the molecule is CC(=O)c1nn(CC(=O)N2C[C@H](F)C[C@H]2C(=O)Nc2ccc(C)c(Br)c2F)c2ccc(-c3cnc(C)nc3)cc12. The van der Waals surface area contributed by atoms with Crippen LogP contribution < -0.4 is 5.32 Å². The monoisotopic (exact) mass is 610 g/mol. The van der Waals surface area contributed by atoms with Crippen molar-refractivity contribution >= 4 is 50.1 Å². The normalized spacial score (nSPS) is 16.9. The first-order valence-electron chi connectivity index (χ1n) is 12.5. The van der Waals surface area contributed by atoms with Crippen LogP contribution in [0.15, 0.2) is 47.2 Å². The first kappa shape index (κ1) is 27.5. The predicted molar refractivity (Wildman–Crippen MR) is 148 cm³/mol. The molecule has 206 valence electrons. The van der Waals surface area contributed by atoms with E-state index in [1.54, 1.807) is 50.5 Å². The summed E-state index contributed by atoms with van der Waals surface area (Å²) in [6, 6.07) is 7.24. The molecule has 1 aliphatic heterocycles. The largest absolute Gasteiger partial charge is 0.326 e. The van der Waals surface area contributed by atoms with Gasteiger partial charge in [-0.1, -0.05) is 12.1 Å². The Morgan fingerprint density at radius 1 is 1.10 bits per heavy atom. The number of amides is 2. The molecule has 4 aromatic rings. The number of alkyl halides is 1. The molecule has 5 rings (SSSR count). The second kappa shape index (κ2) is 10.8. The van der Waals surface area contributed by atoms with Crippen LogP contribution in [0, 0.1) is 19.7 Å². The average Bonchev–Trinajstić information content (AvgIpc) is 3.50. The second-order valence-corrected chi connectivity index (χ2v) is 10.5. The molecule has 2 amide bonds. The van der Waals surface area contributed by atoms with Crippen LogP contribution in [0.4, 0.5) is 14.5 Å². The number of fused-ring (bicyclic) bond motifs is 1. The predicted octanol–water partition coefficient (Wildman–Crippen LogP) is 4.79. The molecule has 1 fully saturated rings. The molecule has 0 bridgehead atoms. The maximum atomic E-state index is 14.6. The molecule has 0 aliphatic carbocycles. The number of likely N-dealkylation sites (tertiary alicyclic amines) is 1. The Morgan fingerprint density at radius 2 is 1.82 bits per heavy atom. The molecule has 3 heterocycles. The summed E-state index contributed by atoms with van der Waals surface area (Å²) in [7, 11) is 0. The van der Waals surface area contributed by atoms with Crippen LogP contribution in [-0.4, -0.2) is 61.0 Å². The molecule has 40 heavy (non-hydrogen) atoms. The van der Waals surface area contributed by atoms with Gasteiger partial charge in [-0.3, -0.25) is 19.1 Å². The third-order valence-corrected chi connectivity index (χ3v) is 7.86. The van der Waals surface area contributed by atoms with Crippen LogP contribution in [-0.2, 0) is 16.1 Å². The van der Waals surface area contributed by atoms with Gasteiger partial charge in [0.1, 0.15) is 30.3 Å². The number of halogens is 3. The Balaban J connectivity index is 1.41. The topological polar surface area (TPSA) is 110 Å². The number of nitrogens with zero attached hydrogens (tertiary/aromatic N) is 5. The highest BCUT2D eigenvalue weighted by Crippen LogP contribution is 2.30. The number of aromatic nitrogens is 4. The molecule has 1 N–H and O–H groups in total. The Labute approximate surface area is 236 Å². The van der Waals surface area contributed by atoms with E-state index in [1.165, 1.54) is 17.7 Å². The van der Waals surface area contributed by atoms with E-state index in [2.05, 4.69) is 36.3 Å². The summed E-state index contributed by atoms with van der Waals surface area (Å²) in [4.78, 5) is 48.4. The van der Waals surface area contributed by atoms with E-state index in [1.807, 2.05) is 0 Å². The molecule has 0 radical (unpaired) electrons. The summed E-state index contributed by atoms with van der Waals surface area (Å²) in [5.74, 6) is -1.56. The summed E-state index contributed by atoms with van der Waals surface area (Å²) in [5.41, 5.74) is 2.80. The summed E-state index contributed by atoms with van der Waals surface area (Å²) < 4.78 is 30.7. The van der Waals surface area contributed by atoms with E-state index in [-0.39, 0.29) is 41.1 Å². The van der Waals surface area contributed by atoms with Gasteiger partial charge < -0.3 is 10.2 Å². The Kier molecular flexibility index (Phi) is 7.45. The van der Waals surface area contributed by atoms with Gasteiger partial charge in [0.25, 0.3) is 0 Å². The lowest BCUT2D eigenvalue weighted by atomic mass is 10.0. The van der Waals surface area contributed by atoms with Crippen LogP contribution >= 0.6 is 15.9 Å². The Morgan fingerprint density at radius 3 is 2.52 bits per heavy atom. The molecule has 2 atom stereocenters. The number of carbonyl (C=O) groups excluding carboxylic acids is 3. The molecular formula is C28H25BrF2N6O3. The van der Waals surface area contributed by atoms with E-state index < -0.39 is 29.8 Å². The van der Waals surface area contributed by atoms with Gasteiger partial charge in [-0.25, -0.2) is 18.7 Å². The van der Waals surface area contributed by atoms with Crippen molar-refractivity contribution in [3.8, 4) is 11.1 Å². The molecule has 1 saturated heterocycles. The highest BCUT2D eigenvalue weighted by Gasteiger charge is 2.40. The highest BCUT2D eigenvalue weighted by atomic mass is 79.9. The molecule has 9 nitrogen and oxygen atoms in total. The molecule has 2 aromatic carbocycles. The van der Waals surface area contributed by atoms with Crippen LogP contribution in [0.5, 0.6) is 0 Å². The lowest BCUT2D eigenvalue weighted by Crippen LogP contribution is -2.44. The first-order chi connectivity index (χ1) is 19.0. The van der Waals surface area contributed by atoms with Crippen molar-refractivity contribution < 1.29 is 23.2 Å². The van der Waals surface area contributed by atoms with Crippen molar-refractivity contribution in [3.05, 3.63) is 70.1 Å². The van der Waals surface area contributed by atoms with Crippen molar-refractivity contribution in [2.45, 2.75) is 46.0 Å². The van der Waals surface area contributed by atoms with Crippen molar-refractivity contribution in [1.29, 1.82) is 0 Å². The smallest absolute Gasteiger partial charge is 0.247 e. The first-order valence-corrected chi connectivity index (χ1v) is 13.3. The summed E-state index contributed by atoms with van der Waals surface area (Å²) >= 11 is 3.15. The van der Waals surface area contributed by atoms with E-state index in [4.69, 9.17) is 0 Å². The van der Waals surface area contributed by atoms with Gasteiger partial charge in [0.2, 0.25) is 11.8 Å². The van der Waals surface area contributed by atoms with Crippen molar-refractivity contribution in [2.24, 2.45) is 0 Å². The van der Waals surface area contributed by atoms with Gasteiger partial charge in [-0.05, 0) is 59.1 Å². The molecule has 0 spiro atoms. The van der Waals surface area contributed by atoms with Crippen LogP contribution in [0.1, 0.15) is 35.2 Å². The fourth-order valence-electron chi connectivity index (χ4n) is 4.77. The minimum atomic E-state index is -1.42. The van der Waals surface area contributed by atoms with E-state index in [9.17, 15) is 23.2 Å². The van der Waals surface area contributed by atoms with Crippen molar-refractivity contribution in [2.75, 3.05) is 11.9 Å². The summed E-state index contributed by atoms with van der Waals surface area (Å²) in [6.07, 6.45) is 1.72. The van der Waals surface area contributed by atoms with Crippen LogP contribution in [0.3, 0.4) is 0 Å². The van der Waals surface area contributed by atoms with E-state index >= 15 is 0 Å². The van der Waals surface area contributed by atoms with Gasteiger partial charge in [0.05, 0.1) is 22.2 Å². The summed E-state index contributed by atoms with van der Waals surface area (Å²) in [6.45, 7) is 4.26. The Hall–Kier alpha value is -4.06. The lowest BCUT2D eigenvalue weighted by molar-refractivity contribution is -0.137. The number of anilines is 1. The maximum Gasteiger partial charge on any atom is 0.247 e. The lowest BCUT2D eigenvalue weighted by Gasteiger charge is -2.24. The fraction of sp³-hybridized carbons (Fsp3) is 0.286.